The molecule has 1 unspecified atom stereocenters. The molecule has 0 saturated carbocycles. The Hall–Kier alpha value is -1.32. The summed E-state index contributed by atoms with van der Waals surface area (Å²) < 4.78 is 13.3. The van der Waals surface area contributed by atoms with Crippen LogP contribution in [-0.4, -0.2) is 4.98 Å². The van der Waals surface area contributed by atoms with Gasteiger partial charge in [0.25, 0.3) is 0 Å². The molecular weight excluding hydrogens is 274 g/mol. The number of benzene rings is 1. The van der Waals surface area contributed by atoms with Crippen LogP contribution in [0.25, 0.3) is 0 Å². The molecular formula is C13H11Cl2FN2. The van der Waals surface area contributed by atoms with Crippen molar-refractivity contribution in [3.8, 4) is 0 Å². The first kappa shape index (κ1) is 13.1. The molecule has 0 spiro atoms. The molecule has 1 atom stereocenters. The lowest BCUT2D eigenvalue weighted by Crippen LogP contribution is -2.08. The molecule has 0 aliphatic rings. The standard InChI is InChI=1S/C13H11Cl2FN2/c1-8(12-4-2-3-5-17-12)18-9-6-10(14)13(16)11(15)7-9/h2-8,18H,1H3. The molecule has 1 heterocycles. The van der Waals surface area contributed by atoms with E-state index in [0.717, 1.165) is 5.69 Å². The molecule has 0 bridgehead atoms. The van der Waals surface area contributed by atoms with Crippen molar-refractivity contribution < 1.29 is 4.39 Å². The van der Waals surface area contributed by atoms with Crippen LogP contribution >= 0.6 is 23.2 Å². The lowest BCUT2D eigenvalue weighted by Gasteiger charge is -2.15. The molecule has 94 valence electrons. The number of aromatic nitrogens is 1. The van der Waals surface area contributed by atoms with Crippen LogP contribution in [0.1, 0.15) is 18.7 Å². The van der Waals surface area contributed by atoms with E-state index in [4.69, 9.17) is 23.2 Å². The zero-order valence-electron chi connectivity index (χ0n) is 9.62. The predicted molar refractivity (Wildman–Crippen MR) is 72.7 cm³/mol. The average molecular weight is 285 g/mol. The van der Waals surface area contributed by atoms with E-state index in [1.807, 2.05) is 25.1 Å². The minimum absolute atomic E-state index is 0.00165. The van der Waals surface area contributed by atoms with E-state index in [1.165, 1.54) is 12.1 Å². The van der Waals surface area contributed by atoms with Gasteiger partial charge in [-0.15, -0.1) is 0 Å². The number of nitrogens with zero attached hydrogens (tertiary/aromatic N) is 1. The van der Waals surface area contributed by atoms with Gasteiger partial charge in [-0.1, -0.05) is 29.3 Å². The van der Waals surface area contributed by atoms with Crippen molar-refractivity contribution in [2.24, 2.45) is 0 Å². The van der Waals surface area contributed by atoms with Gasteiger partial charge in [0.15, 0.2) is 5.82 Å². The molecule has 5 heteroatoms. The Morgan fingerprint density at radius 1 is 1.22 bits per heavy atom. The maximum Gasteiger partial charge on any atom is 0.160 e. The molecule has 0 amide bonds. The minimum Gasteiger partial charge on any atom is -0.377 e. The summed E-state index contributed by atoms with van der Waals surface area (Å²) in [6.45, 7) is 1.95. The molecule has 1 aromatic heterocycles. The summed E-state index contributed by atoms with van der Waals surface area (Å²) in [5.41, 5.74) is 1.54. The number of pyridine rings is 1. The van der Waals surface area contributed by atoms with Gasteiger partial charge in [0.05, 0.1) is 21.8 Å². The smallest absolute Gasteiger partial charge is 0.160 e. The largest absolute Gasteiger partial charge is 0.377 e. The molecule has 0 saturated heterocycles. The van der Waals surface area contributed by atoms with E-state index in [2.05, 4.69) is 10.3 Å². The molecule has 1 aromatic carbocycles. The van der Waals surface area contributed by atoms with E-state index < -0.39 is 5.82 Å². The third-order valence-corrected chi connectivity index (χ3v) is 3.05. The van der Waals surface area contributed by atoms with Gasteiger partial charge in [-0.25, -0.2) is 4.39 Å². The third-order valence-electron chi connectivity index (χ3n) is 2.50. The van der Waals surface area contributed by atoms with Crippen molar-refractivity contribution >= 4 is 28.9 Å². The molecule has 2 nitrogen and oxygen atoms in total. The van der Waals surface area contributed by atoms with Gasteiger partial charge in [0, 0.05) is 11.9 Å². The molecule has 2 rings (SSSR count). The van der Waals surface area contributed by atoms with Gasteiger partial charge in [-0.3, -0.25) is 4.98 Å². The van der Waals surface area contributed by atoms with Crippen LogP contribution < -0.4 is 5.32 Å². The van der Waals surface area contributed by atoms with Crippen molar-refractivity contribution in [3.05, 3.63) is 58.1 Å². The first-order valence-corrected chi connectivity index (χ1v) is 6.15. The molecule has 18 heavy (non-hydrogen) atoms. The monoisotopic (exact) mass is 284 g/mol. The average Bonchev–Trinajstić information content (AvgIpc) is 2.37. The van der Waals surface area contributed by atoms with Crippen molar-refractivity contribution in [1.82, 2.24) is 4.98 Å². The van der Waals surface area contributed by atoms with Gasteiger partial charge < -0.3 is 5.32 Å². The Morgan fingerprint density at radius 3 is 2.44 bits per heavy atom. The van der Waals surface area contributed by atoms with Crippen LogP contribution in [0.4, 0.5) is 10.1 Å². The highest BCUT2D eigenvalue weighted by molar-refractivity contribution is 6.35. The summed E-state index contributed by atoms with van der Waals surface area (Å²) in [5, 5.41) is 3.17. The highest BCUT2D eigenvalue weighted by Gasteiger charge is 2.10. The Kier molecular flexibility index (Phi) is 4.04. The van der Waals surface area contributed by atoms with Gasteiger partial charge in [0.2, 0.25) is 0 Å². The quantitative estimate of drug-likeness (QED) is 0.827. The SMILES string of the molecule is CC(Nc1cc(Cl)c(F)c(Cl)c1)c1ccccn1. The summed E-state index contributed by atoms with van der Waals surface area (Å²) in [4.78, 5) is 4.23. The maximum atomic E-state index is 13.3. The van der Waals surface area contributed by atoms with Crippen LogP contribution in [0.2, 0.25) is 10.0 Å². The Balaban J connectivity index is 2.20. The van der Waals surface area contributed by atoms with Gasteiger partial charge in [0.1, 0.15) is 0 Å². The highest BCUT2D eigenvalue weighted by atomic mass is 35.5. The lowest BCUT2D eigenvalue weighted by atomic mass is 10.2. The number of nitrogens with one attached hydrogen (secondary N) is 1. The fraction of sp³-hybridized carbons (Fsp3) is 0.154. The Morgan fingerprint density at radius 2 is 1.89 bits per heavy atom. The number of rotatable bonds is 3. The zero-order chi connectivity index (χ0) is 13.1. The van der Waals surface area contributed by atoms with Crippen LogP contribution in [0.15, 0.2) is 36.5 Å². The maximum absolute atomic E-state index is 13.3. The van der Waals surface area contributed by atoms with Crippen LogP contribution in [0, 0.1) is 5.82 Å². The van der Waals surface area contributed by atoms with Crippen LogP contribution in [0.5, 0.6) is 0 Å². The predicted octanol–water partition coefficient (Wildman–Crippen LogP) is 4.70. The van der Waals surface area contributed by atoms with Gasteiger partial charge in [-0.05, 0) is 31.2 Å². The second kappa shape index (κ2) is 5.55. The summed E-state index contributed by atoms with van der Waals surface area (Å²) >= 11 is 11.5. The van der Waals surface area contributed by atoms with Gasteiger partial charge >= 0.3 is 0 Å². The van der Waals surface area contributed by atoms with E-state index in [9.17, 15) is 4.39 Å². The minimum atomic E-state index is -0.602. The van der Waals surface area contributed by atoms with E-state index in [0.29, 0.717) is 5.69 Å². The zero-order valence-corrected chi connectivity index (χ0v) is 11.1. The van der Waals surface area contributed by atoms with Crippen LogP contribution in [-0.2, 0) is 0 Å². The summed E-state index contributed by atoms with van der Waals surface area (Å²) in [6.07, 6.45) is 1.72. The molecule has 0 aliphatic carbocycles. The Bertz CT molecular complexity index is 523. The van der Waals surface area contributed by atoms with E-state index in [1.54, 1.807) is 6.20 Å². The molecule has 0 aliphatic heterocycles. The molecule has 1 N–H and O–H groups in total. The summed E-state index contributed by atoms with van der Waals surface area (Å²) in [7, 11) is 0. The van der Waals surface area contributed by atoms with Crippen LogP contribution in [0.3, 0.4) is 0 Å². The molecule has 0 fully saturated rings. The fourth-order valence-electron chi connectivity index (χ4n) is 1.59. The number of halogens is 3. The van der Waals surface area contributed by atoms with Crippen molar-refractivity contribution in [3.63, 3.8) is 0 Å². The highest BCUT2D eigenvalue weighted by Crippen LogP contribution is 2.29. The molecule has 0 radical (unpaired) electrons. The first-order chi connectivity index (χ1) is 8.58. The van der Waals surface area contributed by atoms with Gasteiger partial charge in [-0.2, -0.15) is 0 Å². The van der Waals surface area contributed by atoms with E-state index in [-0.39, 0.29) is 16.1 Å². The summed E-state index contributed by atoms with van der Waals surface area (Å²) in [6, 6.07) is 8.64. The first-order valence-electron chi connectivity index (χ1n) is 5.40. The van der Waals surface area contributed by atoms with Crippen molar-refractivity contribution in [1.29, 1.82) is 0 Å². The third kappa shape index (κ3) is 2.92. The Labute approximate surface area is 115 Å². The van der Waals surface area contributed by atoms with E-state index >= 15 is 0 Å². The second-order valence-electron chi connectivity index (χ2n) is 3.87. The topological polar surface area (TPSA) is 24.9 Å². The van der Waals surface area contributed by atoms with Crippen molar-refractivity contribution in [2.75, 3.05) is 5.32 Å². The second-order valence-corrected chi connectivity index (χ2v) is 4.69. The summed E-state index contributed by atoms with van der Waals surface area (Å²) in [5.74, 6) is -0.602. The van der Waals surface area contributed by atoms with Crippen molar-refractivity contribution in [2.45, 2.75) is 13.0 Å². The lowest BCUT2D eigenvalue weighted by molar-refractivity contribution is 0.628. The number of hydrogen-bond donors (Lipinski definition) is 1. The molecule has 2 aromatic rings. The number of anilines is 1. The number of hydrogen-bond acceptors (Lipinski definition) is 2. The fourth-order valence-corrected chi connectivity index (χ4v) is 2.08. The normalized spacial score (nSPS) is 12.2.